The number of hydrogen-bond acceptors (Lipinski definition) is 4. The van der Waals surface area contributed by atoms with Gasteiger partial charge in [0, 0.05) is 36.6 Å². The van der Waals surface area contributed by atoms with E-state index >= 15 is 0 Å². The lowest BCUT2D eigenvalue weighted by atomic mass is 9.84. The van der Waals surface area contributed by atoms with Crippen LogP contribution in [0.1, 0.15) is 37.8 Å². The number of aliphatic hydroxyl groups excluding tert-OH is 1. The number of rotatable bonds is 4. The first-order valence-corrected chi connectivity index (χ1v) is 6.14. The van der Waals surface area contributed by atoms with Crippen LogP contribution in [0.15, 0.2) is 23.0 Å². The van der Waals surface area contributed by atoms with Gasteiger partial charge in [-0.2, -0.15) is 0 Å². The Bertz CT molecular complexity index is 361. The van der Waals surface area contributed by atoms with Gasteiger partial charge >= 0.3 is 0 Å². The van der Waals surface area contributed by atoms with E-state index in [0.29, 0.717) is 6.42 Å². The van der Waals surface area contributed by atoms with E-state index in [1.165, 1.54) is 0 Å². The molecule has 0 saturated carbocycles. The summed E-state index contributed by atoms with van der Waals surface area (Å²) in [6, 6.07) is 2.11. The highest BCUT2D eigenvalue weighted by atomic mass is 16.3. The van der Waals surface area contributed by atoms with E-state index in [1.54, 1.807) is 12.5 Å². The lowest BCUT2D eigenvalue weighted by Crippen LogP contribution is -2.46. The van der Waals surface area contributed by atoms with Crippen molar-refractivity contribution < 1.29 is 14.3 Å². The molecule has 94 valence electrons. The molecule has 0 bridgehead atoms. The van der Waals surface area contributed by atoms with E-state index in [1.807, 2.05) is 13.0 Å². The normalized spacial score (nSPS) is 29.5. The third-order valence-electron chi connectivity index (χ3n) is 3.55. The van der Waals surface area contributed by atoms with Crippen LogP contribution in [0.4, 0.5) is 0 Å². The Morgan fingerprint density at radius 1 is 1.59 bits per heavy atom. The quantitative estimate of drug-likeness (QED) is 0.836. The number of aliphatic hydroxyl groups is 1. The summed E-state index contributed by atoms with van der Waals surface area (Å²) in [6.45, 7) is 2.14. The molecule has 2 rings (SSSR count). The maximum atomic E-state index is 11.9. The highest BCUT2D eigenvalue weighted by Gasteiger charge is 2.33. The van der Waals surface area contributed by atoms with Gasteiger partial charge in [0.05, 0.1) is 12.5 Å². The molecule has 0 spiro atoms. The first-order valence-electron chi connectivity index (χ1n) is 6.14. The molecule has 4 heteroatoms. The van der Waals surface area contributed by atoms with Gasteiger partial charge in [0.25, 0.3) is 0 Å². The van der Waals surface area contributed by atoms with Crippen LogP contribution in [-0.4, -0.2) is 23.5 Å². The molecule has 1 aliphatic rings. The fraction of sp³-hybridized carbons (Fsp3) is 0.615. The van der Waals surface area contributed by atoms with Gasteiger partial charge in [-0.3, -0.25) is 4.79 Å². The van der Waals surface area contributed by atoms with E-state index in [9.17, 15) is 4.79 Å². The maximum Gasteiger partial charge on any atom is 0.139 e. The molecule has 1 saturated heterocycles. The van der Waals surface area contributed by atoms with Crippen LogP contribution in [0.25, 0.3) is 0 Å². The summed E-state index contributed by atoms with van der Waals surface area (Å²) in [4.78, 5) is 11.9. The van der Waals surface area contributed by atoms with Gasteiger partial charge in [-0.15, -0.1) is 0 Å². The summed E-state index contributed by atoms with van der Waals surface area (Å²) in [6.07, 6.45) is 5.40. The third kappa shape index (κ3) is 2.76. The SMILES string of the molecule is C[C@H]1C(=O)C[C@@H](c2ccoc2)N[C@H]1CCCO. The molecule has 0 unspecified atom stereocenters. The maximum absolute atomic E-state index is 11.9. The number of carbonyl (C=O) groups excluding carboxylic acids is 1. The summed E-state index contributed by atoms with van der Waals surface area (Å²) in [5.74, 6) is 0.322. The summed E-state index contributed by atoms with van der Waals surface area (Å²) in [7, 11) is 0. The third-order valence-corrected chi connectivity index (χ3v) is 3.55. The second kappa shape index (κ2) is 5.47. The van der Waals surface area contributed by atoms with E-state index in [2.05, 4.69) is 5.32 Å². The Kier molecular flexibility index (Phi) is 3.97. The molecule has 0 aromatic carbocycles. The fourth-order valence-corrected chi connectivity index (χ4v) is 2.41. The molecule has 17 heavy (non-hydrogen) atoms. The van der Waals surface area contributed by atoms with Crippen molar-refractivity contribution in [3.05, 3.63) is 24.2 Å². The Labute approximate surface area is 101 Å². The van der Waals surface area contributed by atoms with Crippen molar-refractivity contribution in [3.8, 4) is 0 Å². The van der Waals surface area contributed by atoms with Crippen LogP contribution < -0.4 is 5.32 Å². The van der Waals surface area contributed by atoms with Crippen molar-refractivity contribution >= 4 is 5.78 Å². The van der Waals surface area contributed by atoms with Crippen LogP contribution in [0.2, 0.25) is 0 Å². The average molecular weight is 237 g/mol. The van der Waals surface area contributed by atoms with E-state index in [-0.39, 0.29) is 30.4 Å². The standard InChI is InChI=1S/C13H19NO3/c1-9-11(3-2-5-15)14-12(7-13(9)16)10-4-6-17-8-10/h4,6,8-9,11-12,14-15H,2-3,5,7H2,1H3/t9-,11+,12+/m1/s1. The van der Waals surface area contributed by atoms with Gasteiger partial charge in [0.15, 0.2) is 0 Å². The average Bonchev–Trinajstić information content (AvgIpc) is 2.84. The van der Waals surface area contributed by atoms with Crippen molar-refractivity contribution in [2.45, 2.75) is 38.3 Å². The number of carbonyl (C=O) groups is 1. The largest absolute Gasteiger partial charge is 0.472 e. The Morgan fingerprint density at radius 3 is 3.06 bits per heavy atom. The topological polar surface area (TPSA) is 62.5 Å². The molecular weight excluding hydrogens is 218 g/mol. The smallest absolute Gasteiger partial charge is 0.139 e. The van der Waals surface area contributed by atoms with Crippen molar-refractivity contribution in [2.24, 2.45) is 5.92 Å². The van der Waals surface area contributed by atoms with Gasteiger partial charge < -0.3 is 14.8 Å². The number of hydrogen-bond donors (Lipinski definition) is 2. The Hall–Kier alpha value is -1.13. The molecule has 3 atom stereocenters. The van der Waals surface area contributed by atoms with E-state index in [4.69, 9.17) is 9.52 Å². The predicted octanol–water partition coefficient (Wildman–Crippen LogP) is 1.66. The highest BCUT2D eigenvalue weighted by Crippen LogP contribution is 2.28. The van der Waals surface area contributed by atoms with Crippen LogP contribution >= 0.6 is 0 Å². The van der Waals surface area contributed by atoms with Gasteiger partial charge in [-0.1, -0.05) is 6.92 Å². The fourth-order valence-electron chi connectivity index (χ4n) is 2.41. The molecule has 1 aromatic rings. The Balaban J connectivity index is 2.04. The minimum atomic E-state index is 0.0321. The molecule has 2 heterocycles. The zero-order chi connectivity index (χ0) is 12.3. The van der Waals surface area contributed by atoms with E-state index < -0.39 is 0 Å². The van der Waals surface area contributed by atoms with Crippen molar-refractivity contribution in [3.63, 3.8) is 0 Å². The lowest BCUT2D eigenvalue weighted by molar-refractivity contribution is -0.126. The molecule has 4 nitrogen and oxygen atoms in total. The Morgan fingerprint density at radius 2 is 2.41 bits per heavy atom. The predicted molar refractivity (Wildman–Crippen MR) is 63.5 cm³/mol. The zero-order valence-electron chi connectivity index (χ0n) is 10.1. The molecule has 0 amide bonds. The summed E-state index contributed by atoms with van der Waals surface area (Å²) in [5, 5.41) is 12.4. The summed E-state index contributed by atoms with van der Waals surface area (Å²) < 4.78 is 5.05. The monoisotopic (exact) mass is 237 g/mol. The van der Waals surface area contributed by atoms with Gasteiger partial charge in [-0.05, 0) is 18.9 Å². The first kappa shape index (κ1) is 12.3. The van der Waals surface area contributed by atoms with Crippen LogP contribution in [0, 0.1) is 5.92 Å². The number of furan rings is 1. The number of piperidine rings is 1. The minimum absolute atomic E-state index is 0.0321. The van der Waals surface area contributed by atoms with Crippen LogP contribution in [0.5, 0.6) is 0 Å². The van der Waals surface area contributed by atoms with Gasteiger partial charge in [0.2, 0.25) is 0 Å². The molecule has 1 aliphatic heterocycles. The summed E-state index contributed by atoms with van der Waals surface area (Å²) in [5.41, 5.74) is 1.03. The molecule has 2 N–H and O–H groups in total. The number of Topliss-reactive ketones (excluding diaryl/α,β-unsaturated/α-hetero) is 1. The second-order valence-corrected chi connectivity index (χ2v) is 4.71. The minimum Gasteiger partial charge on any atom is -0.472 e. The van der Waals surface area contributed by atoms with Gasteiger partial charge in [-0.25, -0.2) is 0 Å². The van der Waals surface area contributed by atoms with E-state index in [0.717, 1.165) is 18.4 Å². The first-order chi connectivity index (χ1) is 8.22. The van der Waals surface area contributed by atoms with Gasteiger partial charge in [0.1, 0.15) is 5.78 Å². The van der Waals surface area contributed by atoms with Crippen molar-refractivity contribution in [1.82, 2.24) is 5.32 Å². The molecule has 1 fully saturated rings. The van der Waals surface area contributed by atoms with Crippen molar-refractivity contribution in [2.75, 3.05) is 6.61 Å². The van der Waals surface area contributed by atoms with Crippen LogP contribution in [0.3, 0.4) is 0 Å². The second-order valence-electron chi connectivity index (χ2n) is 4.71. The van der Waals surface area contributed by atoms with Crippen molar-refractivity contribution in [1.29, 1.82) is 0 Å². The summed E-state index contributed by atoms with van der Waals surface area (Å²) >= 11 is 0. The zero-order valence-corrected chi connectivity index (χ0v) is 10.1. The highest BCUT2D eigenvalue weighted by molar-refractivity contribution is 5.83. The van der Waals surface area contributed by atoms with Crippen LogP contribution in [-0.2, 0) is 4.79 Å². The number of ketones is 1. The molecule has 0 radical (unpaired) electrons. The lowest BCUT2D eigenvalue weighted by Gasteiger charge is -2.34. The molecule has 1 aromatic heterocycles. The number of nitrogens with one attached hydrogen (secondary N) is 1. The molecule has 0 aliphatic carbocycles. The molecular formula is C13H19NO3.